The average molecular weight is 170 g/mol. The first-order valence-electron chi connectivity index (χ1n) is 4.19. The summed E-state index contributed by atoms with van der Waals surface area (Å²) in [5.74, 6) is 6.84. The van der Waals surface area contributed by atoms with Crippen LogP contribution in [0.5, 0.6) is 0 Å². The molecule has 0 radical (unpaired) electrons. The van der Waals surface area contributed by atoms with E-state index in [9.17, 15) is 0 Å². The predicted molar refractivity (Wildman–Crippen MR) is 53.4 cm³/mol. The zero-order chi connectivity index (χ0) is 9.26. The molecule has 0 amide bonds. The van der Waals surface area contributed by atoms with E-state index in [0.29, 0.717) is 0 Å². The molecule has 1 aromatic heterocycles. The van der Waals surface area contributed by atoms with E-state index >= 15 is 0 Å². The van der Waals surface area contributed by atoms with E-state index in [0.717, 1.165) is 22.4 Å². The summed E-state index contributed by atoms with van der Waals surface area (Å²) in [6.45, 7) is 3.78. The molecule has 13 heavy (non-hydrogen) atoms. The third kappa shape index (κ3) is 1.29. The quantitative estimate of drug-likeness (QED) is 0.603. The minimum absolute atomic E-state index is 0.931. The van der Waals surface area contributed by atoms with Crippen LogP contribution in [-0.2, 0) is 0 Å². The molecule has 0 unspecified atom stereocenters. The second-order valence-corrected chi connectivity index (χ2v) is 2.90. The normalized spacial score (nSPS) is 9.69. The van der Waals surface area contributed by atoms with Gasteiger partial charge in [-0.3, -0.25) is 0 Å². The lowest BCUT2D eigenvalue weighted by molar-refractivity contribution is 1.17. The van der Waals surface area contributed by atoms with E-state index in [4.69, 9.17) is 0 Å². The summed E-state index contributed by atoms with van der Waals surface area (Å²) in [6.07, 6.45) is 0. The van der Waals surface area contributed by atoms with E-state index in [1.807, 2.05) is 32.0 Å². The third-order valence-corrected chi connectivity index (χ3v) is 1.89. The second-order valence-electron chi connectivity index (χ2n) is 2.90. The predicted octanol–water partition coefficient (Wildman–Crippen LogP) is 2.24. The Morgan fingerprint density at radius 1 is 1.38 bits per heavy atom. The summed E-state index contributed by atoms with van der Waals surface area (Å²) in [7, 11) is 0. The van der Waals surface area contributed by atoms with Gasteiger partial charge in [0, 0.05) is 0 Å². The van der Waals surface area contributed by atoms with Crippen LogP contribution in [-0.4, -0.2) is 9.97 Å². The Hall–Kier alpha value is -1.75. The van der Waals surface area contributed by atoms with Gasteiger partial charge in [-0.25, -0.2) is 4.98 Å². The Morgan fingerprint density at radius 2 is 2.23 bits per heavy atom. The van der Waals surface area contributed by atoms with Gasteiger partial charge < -0.3 is 4.98 Å². The van der Waals surface area contributed by atoms with Crippen molar-refractivity contribution in [2.75, 3.05) is 0 Å². The van der Waals surface area contributed by atoms with Crippen molar-refractivity contribution in [2.45, 2.75) is 13.8 Å². The smallest absolute Gasteiger partial charge is 0.104 e. The number of nitrogens with zero attached hydrogens (tertiary/aromatic N) is 1. The molecule has 0 spiro atoms. The van der Waals surface area contributed by atoms with Crippen molar-refractivity contribution in [2.24, 2.45) is 0 Å². The molecule has 2 aromatic rings. The highest BCUT2D eigenvalue weighted by atomic mass is 14.9. The fourth-order valence-corrected chi connectivity index (χ4v) is 1.39. The minimum atomic E-state index is 0.931. The van der Waals surface area contributed by atoms with E-state index in [1.165, 1.54) is 0 Å². The lowest BCUT2D eigenvalue weighted by atomic mass is 10.2. The van der Waals surface area contributed by atoms with Crippen LogP contribution in [0.4, 0.5) is 0 Å². The molecule has 0 aliphatic rings. The molecule has 0 saturated carbocycles. The maximum atomic E-state index is 4.37. The van der Waals surface area contributed by atoms with Gasteiger partial charge in [0.1, 0.15) is 11.3 Å². The summed E-state index contributed by atoms with van der Waals surface area (Å²) >= 11 is 0. The van der Waals surface area contributed by atoms with Crippen molar-refractivity contribution in [3.63, 3.8) is 0 Å². The molecule has 0 aliphatic carbocycles. The van der Waals surface area contributed by atoms with Gasteiger partial charge >= 0.3 is 0 Å². The number of para-hydroxylation sites is 1. The molecule has 1 N–H and O–H groups in total. The Balaban J connectivity index is 2.79. The van der Waals surface area contributed by atoms with Gasteiger partial charge in [-0.2, -0.15) is 0 Å². The number of aryl methyl sites for hydroxylation is 1. The summed E-state index contributed by atoms with van der Waals surface area (Å²) in [6, 6.07) is 5.98. The lowest BCUT2D eigenvalue weighted by Gasteiger charge is -1.90. The van der Waals surface area contributed by atoms with E-state index in [2.05, 4.69) is 21.8 Å². The first kappa shape index (κ1) is 7.88. The highest BCUT2D eigenvalue weighted by Gasteiger charge is 2.01. The number of nitrogens with one attached hydrogen (secondary N) is 1. The Bertz CT molecular complexity index is 498. The molecule has 2 nitrogen and oxygen atoms in total. The first-order valence-corrected chi connectivity index (χ1v) is 4.19. The van der Waals surface area contributed by atoms with Gasteiger partial charge in [-0.05, 0) is 26.0 Å². The van der Waals surface area contributed by atoms with Crippen LogP contribution >= 0.6 is 0 Å². The molecule has 0 bridgehead atoms. The van der Waals surface area contributed by atoms with Gasteiger partial charge in [-0.1, -0.05) is 12.0 Å². The van der Waals surface area contributed by atoms with Crippen LogP contribution in [0.2, 0.25) is 0 Å². The van der Waals surface area contributed by atoms with Gasteiger partial charge in [0.05, 0.1) is 11.1 Å². The van der Waals surface area contributed by atoms with Crippen LogP contribution in [0.3, 0.4) is 0 Å². The van der Waals surface area contributed by atoms with Crippen LogP contribution in [0.15, 0.2) is 18.2 Å². The summed E-state index contributed by atoms with van der Waals surface area (Å²) in [4.78, 5) is 7.55. The number of imidazole rings is 1. The first-order chi connectivity index (χ1) is 6.31. The van der Waals surface area contributed by atoms with Crippen molar-refractivity contribution in [3.8, 4) is 11.8 Å². The molecule has 1 heterocycles. The number of hydrogen-bond donors (Lipinski definition) is 1. The summed E-state index contributed by atoms with van der Waals surface area (Å²) in [5, 5.41) is 0. The highest BCUT2D eigenvalue weighted by Crippen LogP contribution is 2.14. The second kappa shape index (κ2) is 2.95. The molecule has 0 fully saturated rings. The monoisotopic (exact) mass is 170 g/mol. The third-order valence-electron chi connectivity index (χ3n) is 1.89. The number of benzene rings is 1. The Kier molecular flexibility index (Phi) is 1.79. The van der Waals surface area contributed by atoms with Crippen LogP contribution < -0.4 is 0 Å². The van der Waals surface area contributed by atoms with E-state index in [1.54, 1.807) is 0 Å². The molecule has 0 saturated heterocycles. The van der Waals surface area contributed by atoms with Crippen LogP contribution in [0.1, 0.15) is 18.3 Å². The molecule has 1 aromatic carbocycles. The fourth-order valence-electron chi connectivity index (χ4n) is 1.39. The minimum Gasteiger partial charge on any atom is -0.342 e. The van der Waals surface area contributed by atoms with Gasteiger partial charge in [0.15, 0.2) is 0 Å². The highest BCUT2D eigenvalue weighted by molar-refractivity contribution is 5.81. The fraction of sp³-hybridized carbons (Fsp3) is 0.182. The molecule has 2 heteroatoms. The van der Waals surface area contributed by atoms with Crippen LogP contribution in [0, 0.1) is 18.8 Å². The van der Waals surface area contributed by atoms with Crippen LogP contribution in [0.25, 0.3) is 11.0 Å². The number of hydrogen-bond acceptors (Lipinski definition) is 1. The molecule has 0 aliphatic heterocycles. The van der Waals surface area contributed by atoms with Gasteiger partial charge in [0.25, 0.3) is 0 Å². The Labute approximate surface area is 77.0 Å². The van der Waals surface area contributed by atoms with E-state index in [-0.39, 0.29) is 0 Å². The number of H-pyrrole nitrogens is 1. The molecular formula is C11H10N2. The van der Waals surface area contributed by atoms with Crippen molar-refractivity contribution >= 4 is 11.0 Å². The number of fused-ring (bicyclic) bond motifs is 1. The molecule has 2 rings (SSSR count). The zero-order valence-corrected chi connectivity index (χ0v) is 7.68. The molecule has 64 valence electrons. The lowest BCUT2D eigenvalue weighted by Crippen LogP contribution is -1.77. The zero-order valence-electron chi connectivity index (χ0n) is 7.68. The maximum Gasteiger partial charge on any atom is 0.104 e. The SMILES string of the molecule is CC#Cc1cccc2[nH]c(C)nc12. The van der Waals surface area contributed by atoms with Crippen molar-refractivity contribution in [1.82, 2.24) is 9.97 Å². The number of rotatable bonds is 0. The standard InChI is InChI=1S/C11H10N2/c1-3-5-9-6-4-7-10-11(9)13-8(2)12-10/h4,6-7H,1-2H3,(H,12,13). The van der Waals surface area contributed by atoms with Crippen molar-refractivity contribution in [1.29, 1.82) is 0 Å². The Morgan fingerprint density at radius 3 is 3.00 bits per heavy atom. The largest absolute Gasteiger partial charge is 0.342 e. The van der Waals surface area contributed by atoms with Gasteiger partial charge in [0.2, 0.25) is 0 Å². The number of aromatic amines is 1. The van der Waals surface area contributed by atoms with Gasteiger partial charge in [-0.15, -0.1) is 5.92 Å². The molecule has 0 atom stereocenters. The van der Waals surface area contributed by atoms with Crippen molar-refractivity contribution in [3.05, 3.63) is 29.6 Å². The van der Waals surface area contributed by atoms with E-state index < -0.39 is 0 Å². The molecular weight excluding hydrogens is 160 g/mol. The average Bonchev–Trinajstić information content (AvgIpc) is 2.47. The topological polar surface area (TPSA) is 28.7 Å². The number of aromatic nitrogens is 2. The van der Waals surface area contributed by atoms with Crippen molar-refractivity contribution < 1.29 is 0 Å². The summed E-state index contributed by atoms with van der Waals surface area (Å²) < 4.78 is 0. The summed E-state index contributed by atoms with van der Waals surface area (Å²) in [5.41, 5.74) is 3.01. The maximum absolute atomic E-state index is 4.37.